The summed E-state index contributed by atoms with van der Waals surface area (Å²) in [5, 5.41) is 9.93. The molecule has 25 heavy (non-hydrogen) atoms. The standard InChI is InChI=1S/C17H20Cl2N2O3S/c1-3-21(14-6-4-5-12(2)9-14)8-7-20-25(23,24)16-11-13(18)10-15(19)17(16)22/h4-6,9-11,20,22H,3,7-8H2,1-2H3. The van der Waals surface area contributed by atoms with Gasteiger partial charge in [0.2, 0.25) is 10.0 Å². The summed E-state index contributed by atoms with van der Waals surface area (Å²) in [7, 11) is -3.93. The van der Waals surface area contributed by atoms with Crippen LogP contribution in [0.4, 0.5) is 5.69 Å². The Morgan fingerprint density at radius 1 is 1.20 bits per heavy atom. The number of nitrogens with zero attached hydrogens (tertiary/aromatic N) is 1. The third-order valence-electron chi connectivity index (χ3n) is 3.71. The van der Waals surface area contributed by atoms with Crippen molar-refractivity contribution in [2.24, 2.45) is 0 Å². The largest absolute Gasteiger partial charge is 0.505 e. The van der Waals surface area contributed by atoms with Crippen LogP contribution >= 0.6 is 23.2 Å². The molecular formula is C17H20Cl2N2O3S. The topological polar surface area (TPSA) is 69.6 Å². The van der Waals surface area contributed by atoms with Crippen LogP contribution in [0.1, 0.15) is 12.5 Å². The zero-order valence-corrected chi connectivity index (χ0v) is 16.3. The highest BCUT2D eigenvalue weighted by Gasteiger charge is 2.21. The van der Waals surface area contributed by atoms with Crippen LogP contribution in [-0.2, 0) is 10.0 Å². The first-order valence-corrected chi connectivity index (χ1v) is 9.98. The van der Waals surface area contributed by atoms with Gasteiger partial charge in [-0.2, -0.15) is 0 Å². The summed E-state index contributed by atoms with van der Waals surface area (Å²) in [6, 6.07) is 10.4. The monoisotopic (exact) mass is 402 g/mol. The molecule has 2 aromatic carbocycles. The van der Waals surface area contributed by atoms with Crippen molar-refractivity contribution in [1.82, 2.24) is 4.72 Å². The van der Waals surface area contributed by atoms with Crippen molar-refractivity contribution in [2.75, 3.05) is 24.5 Å². The van der Waals surface area contributed by atoms with Gasteiger partial charge in [0, 0.05) is 30.3 Å². The van der Waals surface area contributed by atoms with E-state index in [0.717, 1.165) is 17.8 Å². The van der Waals surface area contributed by atoms with Crippen molar-refractivity contribution in [2.45, 2.75) is 18.7 Å². The fourth-order valence-corrected chi connectivity index (χ4v) is 4.21. The molecule has 136 valence electrons. The molecule has 0 aromatic heterocycles. The van der Waals surface area contributed by atoms with Gasteiger partial charge in [0.05, 0.1) is 5.02 Å². The number of aromatic hydroxyl groups is 1. The van der Waals surface area contributed by atoms with Gasteiger partial charge in [0.25, 0.3) is 0 Å². The number of benzene rings is 2. The molecule has 8 heteroatoms. The molecule has 0 fully saturated rings. The molecule has 0 amide bonds. The molecule has 0 aliphatic rings. The van der Waals surface area contributed by atoms with E-state index in [-0.39, 0.29) is 21.5 Å². The lowest BCUT2D eigenvalue weighted by Gasteiger charge is -2.23. The summed E-state index contributed by atoms with van der Waals surface area (Å²) in [4.78, 5) is 1.73. The molecule has 0 heterocycles. The Kier molecular flexibility index (Phi) is 6.57. The van der Waals surface area contributed by atoms with E-state index in [0.29, 0.717) is 6.54 Å². The second-order valence-electron chi connectivity index (χ2n) is 5.55. The molecule has 0 unspecified atom stereocenters. The maximum Gasteiger partial charge on any atom is 0.244 e. The maximum absolute atomic E-state index is 12.4. The van der Waals surface area contributed by atoms with Crippen LogP contribution in [0.3, 0.4) is 0 Å². The molecule has 0 aliphatic carbocycles. The fraction of sp³-hybridized carbons (Fsp3) is 0.294. The van der Waals surface area contributed by atoms with Gasteiger partial charge < -0.3 is 10.0 Å². The van der Waals surface area contributed by atoms with Crippen molar-refractivity contribution in [3.8, 4) is 5.75 Å². The summed E-state index contributed by atoms with van der Waals surface area (Å²) < 4.78 is 27.3. The molecule has 0 atom stereocenters. The predicted molar refractivity (Wildman–Crippen MR) is 102 cm³/mol. The Bertz CT molecular complexity index is 857. The number of sulfonamides is 1. The number of hydrogen-bond donors (Lipinski definition) is 2. The van der Waals surface area contributed by atoms with Gasteiger partial charge in [-0.3, -0.25) is 0 Å². The summed E-state index contributed by atoms with van der Waals surface area (Å²) in [5.74, 6) is -0.510. The van der Waals surface area contributed by atoms with Crippen LogP contribution in [0.5, 0.6) is 5.75 Å². The molecule has 0 aliphatic heterocycles. The minimum absolute atomic E-state index is 0.108. The van der Waals surface area contributed by atoms with Gasteiger partial charge in [0.1, 0.15) is 4.90 Å². The zero-order chi connectivity index (χ0) is 18.6. The van der Waals surface area contributed by atoms with Gasteiger partial charge in [-0.25, -0.2) is 13.1 Å². The Balaban J connectivity index is 2.10. The minimum atomic E-state index is -3.93. The summed E-state index contributed by atoms with van der Waals surface area (Å²) >= 11 is 11.6. The van der Waals surface area contributed by atoms with E-state index in [1.807, 2.05) is 38.1 Å². The zero-order valence-electron chi connectivity index (χ0n) is 14.0. The van der Waals surface area contributed by atoms with E-state index < -0.39 is 15.8 Å². The highest BCUT2D eigenvalue weighted by molar-refractivity contribution is 7.89. The molecule has 0 saturated heterocycles. The quantitative estimate of drug-likeness (QED) is 0.738. The number of phenols is 1. The third kappa shape index (κ3) is 5.01. The Hall–Kier alpha value is -1.47. The molecule has 0 bridgehead atoms. The van der Waals surface area contributed by atoms with Crippen molar-refractivity contribution < 1.29 is 13.5 Å². The predicted octanol–water partition coefficient (Wildman–Crippen LogP) is 3.81. The molecular weight excluding hydrogens is 383 g/mol. The van der Waals surface area contributed by atoms with Crippen molar-refractivity contribution in [1.29, 1.82) is 0 Å². The van der Waals surface area contributed by atoms with Crippen LogP contribution in [0.15, 0.2) is 41.3 Å². The number of nitrogens with one attached hydrogen (secondary N) is 1. The summed E-state index contributed by atoms with van der Waals surface area (Å²) in [6.07, 6.45) is 0. The molecule has 2 aromatic rings. The van der Waals surface area contributed by atoms with Gasteiger partial charge in [0.15, 0.2) is 5.75 Å². The van der Waals surface area contributed by atoms with E-state index in [4.69, 9.17) is 23.2 Å². The maximum atomic E-state index is 12.4. The molecule has 2 N–H and O–H groups in total. The number of aryl methyl sites for hydroxylation is 1. The fourth-order valence-electron chi connectivity index (χ4n) is 2.43. The van der Waals surface area contributed by atoms with Crippen LogP contribution in [0.2, 0.25) is 10.0 Å². The lowest BCUT2D eigenvalue weighted by Crippen LogP contribution is -2.35. The molecule has 0 radical (unpaired) electrons. The van der Waals surface area contributed by atoms with Gasteiger partial charge >= 0.3 is 0 Å². The summed E-state index contributed by atoms with van der Waals surface area (Å²) in [5.41, 5.74) is 2.16. The average Bonchev–Trinajstić information content (AvgIpc) is 2.54. The second kappa shape index (κ2) is 8.27. The molecule has 0 spiro atoms. The summed E-state index contributed by atoms with van der Waals surface area (Å²) in [6.45, 7) is 5.40. The average molecular weight is 403 g/mol. The van der Waals surface area contributed by atoms with Gasteiger partial charge in [-0.05, 0) is 43.7 Å². The first-order chi connectivity index (χ1) is 11.7. The number of hydrogen-bond acceptors (Lipinski definition) is 4. The SMILES string of the molecule is CCN(CCNS(=O)(=O)c1cc(Cl)cc(Cl)c1O)c1cccc(C)c1. The van der Waals surface area contributed by atoms with Crippen molar-refractivity contribution >= 4 is 38.9 Å². The highest BCUT2D eigenvalue weighted by atomic mass is 35.5. The third-order valence-corrected chi connectivity index (χ3v) is 5.69. The van der Waals surface area contributed by atoms with Crippen LogP contribution in [0.25, 0.3) is 0 Å². The lowest BCUT2D eigenvalue weighted by atomic mass is 10.2. The van der Waals surface area contributed by atoms with E-state index in [9.17, 15) is 13.5 Å². The normalized spacial score (nSPS) is 11.5. The minimum Gasteiger partial charge on any atom is -0.505 e. The Morgan fingerprint density at radius 3 is 2.56 bits per heavy atom. The van der Waals surface area contributed by atoms with Crippen molar-refractivity contribution in [3.63, 3.8) is 0 Å². The van der Waals surface area contributed by atoms with E-state index in [1.54, 1.807) is 0 Å². The van der Waals surface area contributed by atoms with Gasteiger partial charge in [-0.15, -0.1) is 0 Å². The number of likely N-dealkylation sites (N-methyl/N-ethyl adjacent to an activating group) is 1. The van der Waals surface area contributed by atoms with Crippen LogP contribution < -0.4 is 9.62 Å². The lowest BCUT2D eigenvalue weighted by molar-refractivity contribution is 0.458. The first kappa shape index (κ1) is 19.8. The van der Waals surface area contributed by atoms with E-state index in [2.05, 4.69) is 9.62 Å². The number of halogens is 2. The second-order valence-corrected chi connectivity index (χ2v) is 8.13. The van der Waals surface area contributed by atoms with Crippen LogP contribution in [-0.4, -0.2) is 33.2 Å². The number of rotatable bonds is 7. The Morgan fingerprint density at radius 2 is 1.92 bits per heavy atom. The molecule has 0 saturated carbocycles. The number of anilines is 1. The smallest absolute Gasteiger partial charge is 0.244 e. The highest BCUT2D eigenvalue weighted by Crippen LogP contribution is 2.33. The molecule has 5 nitrogen and oxygen atoms in total. The van der Waals surface area contributed by atoms with Crippen LogP contribution in [0, 0.1) is 6.92 Å². The van der Waals surface area contributed by atoms with Gasteiger partial charge in [-0.1, -0.05) is 35.3 Å². The molecule has 2 rings (SSSR count). The number of phenolic OH excluding ortho intramolecular Hbond substituents is 1. The van der Waals surface area contributed by atoms with E-state index in [1.165, 1.54) is 12.1 Å². The first-order valence-electron chi connectivity index (χ1n) is 7.74. The van der Waals surface area contributed by atoms with Crippen molar-refractivity contribution in [3.05, 3.63) is 52.0 Å². The van der Waals surface area contributed by atoms with E-state index >= 15 is 0 Å². The Labute approximate surface area is 158 Å².